The third-order valence-corrected chi connectivity index (χ3v) is 4.81. The molecule has 0 spiro atoms. The quantitative estimate of drug-likeness (QED) is 0.850. The summed E-state index contributed by atoms with van der Waals surface area (Å²) in [6, 6.07) is 7.78. The maximum atomic E-state index is 12.3. The fourth-order valence-electron chi connectivity index (χ4n) is 2.23. The van der Waals surface area contributed by atoms with Crippen molar-refractivity contribution in [2.75, 3.05) is 31.2 Å². The van der Waals surface area contributed by atoms with Crippen molar-refractivity contribution in [1.82, 2.24) is 4.90 Å². The standard InChI is InChI=1S/C14H22N2O2S/c1-11(2)16-6-7-18-13(9-16)10-19(17)14-5-3-4-12(15)8-14/h3-5,8,11,13H,6-7,9-10,15H2,1-2H3. The molecule has 1 aromatic carbocycles. The van der Waals surface area contributed by atoms with Crippen LogP contribution in [0.1, 0.15) is 13.8 Å². The Balaban J connectivity index is 1.95. The molecule has 0 amide bonds. The van der Waals surface area contributed by atoms with Crippen LogP contribution in [-0.2, 0) is 15.5 Å². The zero-order chi connectivity index (χ0) is 13.8. The van der Waals surface area contributed by atoms with Gasteiger partial charge in [-0.3, -0.25) is 9.11 Å². The molecular formula is C14H22N2O2S. The van der Waals surface area contributed by atoms with Crippen LogP contribution in [0.2, 0.25) is 0 Å². The molecule has 4 nitrogen and oxygen atoms in total. The second-order valence-corrected chi connectivity index (χ2v) is 6.66. The first-order valence-corrected chi connectivity index (χ1v) is 7.97. The lowest BCUT2D eigenvalue weighted by Crippen LogP contribution is -2.47. The zero-order valence-electron chi connectivity index (χ0n) is 11.5. The smallest absolute Gasteiger partial charge is 0.0821 e. The number of benzene rings is 1. The maximum Gasteiger partial charge on any atom is 0.0821 e. The lowest BCUT2D eigenvalue weighted by molar-refractivity contribution is -0.0268. The molecule has 1 fully saturated rings. The predicted molar refractivity (Wildman–Crippen MR) is 78.6 cm³/mol. The number of nitrogens with two attached hydrogens (primary N) is 1. The molecule has 2 rings (SSSR count). The Morgan fingerprint density at radius 2 is 2.32 bits per heavy atom. The molecule has 1 aliphatic heterocycles. The second-order valence-electron chi connectivity index (χ2n) is 5.17. The summed E-state index contributed by atoms with van der Waals surface area (Å²) in [4.78, 5) is 3.15. The third kappa shape index (κ3) is 4.03. The van der Waals surface area contributed by atoms with Gasteiger partial charge in [-0.25, -0.2) is 0 Å². The van der Waals surface area contributed by atoms with Crippen LogP contribution >= 0.6 is 0 Å². The minimum atomic E-state index is -1.05. The number of anilines is 1. The molecule has 2 unspecified atom stereocenters. The van der Waals surface area contributed by atoms with Crippen LogP contribution in [-0.4, -0.2) is 46.7 Å². The summed E-state index contributed by atoms with van der Waals surface area (Å²) in [5, 5.41) is 0. The Hall–Kier alpha value is -0.910. The Morgan fingerprint density at radius 1 is 1.53 bits per heavy atom. The van der Waals surface area contributed by atoms with Gasteiger partial charge >= 0.3 is 0 Å². The summed E-state index contributed by atoms with van der Waals surface area (Å²) in [5.74, 6) is 0.534. The van der Waals surface area contributed by atoms with Gasteiger partial charge in [-0.05, 0) is 32.0 Å². The molecular weight excluding hydrogens is 260 g/mol. The van der Waals surface area contributed by atoms with Gasteiger partial charge in [0.1, 0.15) is 0 Å². The summed E-state index contributed by atoms with van der Waals surface area (Å²) in [6.07, 6.45) is 0.0402. The van der Waals surface area contributed by atoms with E-state index in [1.165, 1.54) is 0 Å². The van der Waals surface area contributed by atoms with Crippen LogP contribution in [0.15, 0.2) is 29.2 Å². The Labute approximate surface area is 117 Å². The number of ether oxygens (including phenoxy) is 1. The molecule has 0 radical (unpaired) electrons. The van der Waals surface area contributed by atoms with E-state index in [-0.39, 0.29) is 6.10 Å². The summed E-state index contributed by atoms with van der Waals surface area (Å²) in [6.45, 7) is 6.89. The van der Waals surface area contributed by atoms with Crippen LogP contribution in [0.25, 0.3) is 0 Å². The van der Waals surface area contributed by atoms with Gasteiger partial charge in [0.25, 0.3) is 0 Å². The highest BCUT2D eigenvalue weighted by Crippen LogP contribution is 2.15. The number of nitrogens with zero attached hydrogens (tertiary/aromatic N) is 1. The molecule has 1 aliphatic rings. The molecule has 1 heterocycles. The lowest BCUT2D eigenvalue weighted by Gasteiger charge is -2.35. The topological polar surface area (TPSA) is 55.6 Å². The van der Waals surface area contributed by atoms with E-state index in [0.717, 1.165) is 24.6 Å². The molecule has 2 atom stereocenters. The number of hydrogen-bond acceptors (Lipinski definition) is 4. The van der Waals surface area contributed by atoms with E-state index in [2.05, 4.69) is 18.7 Å². The van der Waals surface area contributed by atoms with E-state index >= 15 is 0 Å². The largest absolute Gasteiger partial charge is 0.399 e. The fourth-order valence-corrected chi connectivity index (χ4v) is 3.46. The van der Waals surface area contributed by atoms with Crippen molar-refractivity contribution in [3.8, 4) is 0 Å². The van der Waals surface area contributed by atoms with Crippen LogP contribution < -0.4 is 5.73 Å². The first-order chi connectivity index (χ1) is 9.06. The number of rotatable bonds is 4. The van der Waals surface area contributed by atoms with Crippen LogP contribution in [0.5, 0.6) is 0 Å². The summed E-state index contributed by atoms with van der Waals surface area (Å²) >= 11 is 0. The van der Waals surface area contributed by atoms with Crippen molar-refractivity contribution in [1.29, 1.82) is 0 Å². The number of morpholine rings is 1. The highest BCUT2D eigenvalue weighted by atomic mass is 32.2. The molecule has 106 valence electrons. The van der Waals surface area contributed by atoms with Gasteiger partial charge in [-0.2, -0.15) is 0 Å². The van der Waals surface area contributed by atoms with Gasteiger partial charge < -0.3 is 10.5 Å². The molecule has 0 aliphatic carbocycles. The molecule has 0 aromatic heterocycles. The minimum absolute atomic E-state index is 0.0402. The van der Waals surface area contributed by atoms with Crippen molar-refractivity contribution in [3.05, 3.63) is 24.3 Å². The van der Waals surface area contributed by atoms with Crippen molar-refractivity contribution < 1.29 is 8.95 Å². The Bertz CT molecular complexity index is 451. The van der Waals surface area contributed by atoms with Gasteiger partial charge in [0.15, 0.2) is 0 Å². The second kappa shape index (κ2) is 6.50. The SMILES string of the molecule is CC(C)N1CCOC(CS(=O)c2cccc(N)c2)C1. The minimum Gasteiger partial charge on any atom is -0.399 e. The van der Waals surface area contributed by atoms with Crippen molar-refractivity contribution in [3.63, 3.8) is 0 Å². The first kappa shape index (κ1) is 14.5. The van der Waals surface area contributed by atoms with E-state index in [1.807, 2.05) is 12.1 Å². The summed E-state index contributed by atoms with van der Waals surface area (Å²) < 4.78 is 18.0. The lowest BCUT2D eigenvalue weighted by atomic mass is 10.2. The van der Waals surface area contributed by atoms with Crippen molar-refractivity contribution in [2.45, 2.75) is 30.9 Å². The van der Waals surface area contributed by atoms with Crippen LogP contribution in [0, 0.1) is 0 Å². The monoisotopic (exact) mass is 282 g/mol. The van der Waals surface area contributed by atoms with Gasteiger partial charge in [0, 0.05) is 29.7 Å². The molecule has 5 heteroatoms. The third-order valence-electron chi connectivity index (χ3n) is 3.36. The van der Waals surface area contributed by atoms with E-state index in [1.54, 1.807) is 12.1 Å². The van der Waals surface area contributed by atoms with Gasteiger partial charge in [0.2, 0.25) is 0 Å². The van der Waals surface area contributed by atoms with E-state index in [4.69, 9.17) is 10.5 Å². The highest BCUT2D eigenvalue weighted by Gasteiger charge is 2.24. The van der Waals surface area contributed by atoms with E-state index < -0.39 is 10.8 Å². The average Bonchev–Trinajstić information content (AvgIpc) is 2.39. The normalized spacial score (nSPS) is 22.6. The van der Waals surface area contributed by atoms with Crippen LogP contribution in [0.4, 0.5) is 5.69 Å². The average molecular weight is 282 g/mol. The van der Waals surface area contributed by atoms with Crippen molar-refractivity contribution >= 4 is 16.5 Å². The Kier molecular flexibility index (Phi) is 4.96. The molecule has 0 saturated carbocycles. The molecule has 1 saturated heterocycles. The molecule has 0 bridgehead atoms. The van der Waals surface area contributed by atoms with Gasteiger partial charge in [0.05, 0.1) is 29.3 Å². The summed E-state index contributed by atoms with van der Waals surface area (Å²) in [7, 11) is -1.05. The molecule has 19 heavy (non-hydrogen) atoms. The molecule has 2 N–H and O–H groups in total. The van der Waals surface area contributed by atoms with Crippen LogP contribution in [0.3, 0.4) is 0 Å². The predicted octanol–water partition coefficient (Wildman–Crippen LogP) is 1.49. The highest BCUT2D eigenvalue weighted by molar-refractivity contribution is 7.85. The van der Waals surface area contributed by atoms with Crippen molar-refractivity contribution in [2.24, 2.45) is 0 Å². The molecule has 1 aromatic rings. The first-order valence-electron chi connectivity index (χ1n) is 6.66. The zero-order valence-corrected chi connectivity index (χ0v) is 12.4. The van der Waals surface area contributed by atoms with E-state index in [0.29, 0.717) is 17.5 Å². The Morgan fingerprint density at radius 3 is 3.00 bits per heavy atom. The fraction of sp³-hybridized carbons (Fsp3) is 0.571. The number of hydrogen-bond donors (Lipinski definition) is 1. The van der Waals surface area contributed by atoms with E-state index in [9.17, 15) is 4.21 Å². The number of nitrogen functional groups attached to an aromatic ring is 1. The maximum absolute atomic E-state index is 12.3. The van der Waals surface area contributed by atoms with Gasteiger partial charge in [-0.15, -0.1) is 0 Å². The summed E-state index contributed by atoms with van der Waals surface area (Å²) in [5.41, 5.74) is 6.37. The van der Waals surface area contributed by atoms with Gasteiger partial charge in [-0.1, -0.05) is 6.07 Å².